The molecule has 0 bridgehead atoms. The van der Waals surface area contributed by atoms with Crippen molar-refractivity contribution in [3.63, 3.8) is 0 Å². The SMILES string of the molecule is CC(C)S(=O)(=O)N1C(=O)CC1c1ccccc1. The van der Waals surface area contributed by atoms with E-state index in [9.17, 15) is 13.2 Å². The second-order valence-corrected chi connectivity index (χ2v) is 6.78. The van der Waals surface area contributed by atoms with E-state index in [0.29, 0.717) is 0 Å². The zero-order valence-corrected chi connectivity index (χ0v) is 10.6. The summed E-state index contributed by atoms with van der Waals surface area (Å²) in [6.45, 7) is 3.17. The molecule has 1 aromatic rings. The predicted octanol–water partition coefficient (Wildman–Crippen LogP) is 1.70. The number of amides is 1. The van der Waals surface area contributed by atoms with E-state index in [-0.39, 0.29) is 18.4 Å². The molecule has 1 aliphatic rings. The van der Waals surface area contributed by atoms with Crippen LogP contribution in [0.5, 0.6) is 0 Å². The van der Waals surface area contributed by atoms with Gasteiger partial charge in [0.15, 0.2) is 0 Å². The third kappa shape index (κ3) is 1.95. The van der Waals surface area contributed by atoms with Crippen molar-refractivity contribution in [1.82, 2.24) is 4.31 Å². The molecule has 0 radical (unpaired) electrons. The standard InChI is InChI=1S/C12H15NO3S/c1-9(2)17(15,16)13-11(8-12(13)14)10-6-4-3-5-7-10/h3-7,9,11H,8H2,1-2H3. The number of benzene rings is 1. The molecule has 1 aliphatic heterocycles. The molecule has 2 rings (SSSR count). The van der Waals surface area contributed by atoms with Gasteiger partial charge in [0.05, 0.1) is 17.7 Å². The van der Waals surface area contributed by atoms with E-state index < -0.39 is 15.3 Å². The number of carbonyl (C=O) groups is 1. The van der Waals surface area contributed by atoms with Crippen molar-refractivity contribution < 1.29 is 13.2 Å². The van der Waals surface area contributed by atoms with Gasteiger partial charge in [-0.1, -0.05) is 30.3 Å². The first kappa shape index (κ1) is 12.1. The molecule has 0 aliphatic carbocycles. The van der Waals surface area contributed by atoms with E-state index in [1.807, 2.05) is 30.3 Å². The fourth-order valence-corrected chi connectivity index (χ4v) is 3.24. The zero-order valence-electron chi connectivity index (χ0n) is 9.83. The Labute approximate surface area is 101 Å². The lowest BCUT2D eigenvalue weighted by Gasteiger charge is -2.40. The summed E-state index contributed by atoms with van der Waals surface area (Å²) in [5.74, 6) is -0.312. The third-order valence-electron chi connectivity index (χ3n) is 2.95. The van der Waals surface area contributed by atoms with Gasteiger partial charge in [0.25, 0.3) is 0 Å². The first-order valence-corrected chi connectivity index (χ1v) is 7.06. The average Bonchev–Trinajstić information content (AvgIpc) is 2.26. The van der Waals surface area contributed by atoms with Crippen LogP contribution in [0.1, 0.15) is 31.9 Å². The maximum atomic E-state index is 12.0. The zero-order chi connectivity index (χ0) is 12.6. The third-order valence-corrected chi connectivity index (χ3v) is 5.15. The van der Waals surface area contributed by atoms with Crippen LogP contribution in [-0.2, 0) is 14.8 Å². The molecule has 0 saturated carbocycles. The van der Waals surface area contributed by atoms with Gasteiger partial charge >= 0.3 is 0 Å². The molecule has 1 unspecified atom stereocenters. The van der Waals surface area contributed by atoms with Gasteiger partial charge in [-0.25, -0.2) is 12.7 Å². The molecule has 1 heterocycles. The van der Waals surface area contributed by atoms with Gasteiger partial charge in [0.2, 0.25) is 15.9 Å². The Morgan fingerprint density at radius 2 is 1.82 bits per heavy atom. The predicted molar refractivity (Wildman–Crippen MR) is 64.7 cm³/mol. The Kier molecular flexibility index (Phi) is 2.95. The van der Waals surface area contributed by atoms with Gasteiger partial charge < -0.3 is 0 Å². The highest BCUT2D eigenvalue weighted by Crippen LogP contribution is 2.37. The summed E-state index contributed by atoms with van der Waals surface area (Å²) in [6.07, 6.45) is 0.274. The molecular weight excluding hydrogens is 238 g/mol. The highest BCUT2D eigenvalue weighted by Gasteiger charge is 2.45. The molecule has 4 nitrogen and oxygen atoms in total. The molecule has 92 valence electrons. The molecule has 0 N–H and O–H groups in total. The van der Waals surface area contributed by atoms with Gasteiger partial charge in [-0.2, -0.15) is 0 Å². The van der Waals surface area contributed by atoms with Crippen LogP contribution >= 0.6 is 0 Å². The molecule has 0 spiro atoms. The minimum absolute atomic E-state index is 0.274. The Morgan fingerprint density at radius 3 is 2.29 bits per heavy atom. The molecule has 1 atom stereocenters. The second-order valence-electron chi connectivity index (χ2n) is 4.41. The van der Waals surface area contributed by atoms with E-state index in [0.717, 1.165) is 9.87 Å². The fourth-order valence-electron chi connectivity index (χ4n) is 1.87. The van der Waals surface area contributed by atoms with Crippen LogP contribution in [-0.4, -0.2) is 23.9 Å². The lowest BCUT2D eigenvalue weighted by molar-refractivity contribution is -0.137. The van der Waals surface area contributed by atoms with Crippen LogP contribution in [0.2, 0.25) is 0 Å². The van der Waals surface area contributed by atoms with E-state index in [2.05, 4.69) is 0 Å². The summed E-state index contributed by atoms with van der Waals surface area (Å²) >= 11 is 0. The molecule has 5 heteroatoms. The summed E-state index contributed by atoms with van der Waals surface area (Å²) in [7, 11) is -3.50. The quantitative estimate of drug-likeness (QED) is 0.770. The number of hydrogen-bond donors (Lipinski definition) is 0. The number of hydrogen-bond acceptors (Lipinski definition) is 3. The van der Waals surface area contributed by atoms with Crippen molar-refractivity contribution >= 4 is 15.9 Å². The number of nitrogens with zero attached hydrogens (tertiary/aromatic N) is 1. The summed E-state index contributed by atoms with van der Waals surface area (Å²) < 4.78 is 25.0. The lowest BCUT2D eigenvalue weighted by Crippen LogP contribution is -2.52. The highest BCUT2D eigenvalue weighted by molar-refractivity contribution is 7.90. The normalized spacial score (nSPS) is 20.5. The number of β-lactam (4-membered cyclic amide) rings is 1. The van der Waals surface area contributed by atoms with Crippen molar-refractivity contribution in [2.75, 3.05) is 0 Å². The second kappa shape index (κ2) is 4.14. The Hall–Kier alpha value is -1.36. The van der Waals surface area contributed by atoms with Crippen molar-refractivity contribution in [2.45, 2.75) is 31.6 Å². The van der Waals surface area contributed by atoms with Gasteiger partial charge in [0, 0.05) is 0 Å². The molecule has 17 heavy (non-hydrogen) atoms. The lowest BCUT2D eigenvalue weighted by atomic mass is 9.97. The Bertz CT molecular complexity index is 522. The van der Waals surface area contributed by atoms with Gasteiger partial charge in [-0.15, -0.1) is 0 Å². The largest absolute Gasteiger partial charge is 0.274 e. The number of sulfonamides is 1. The Balaban J connectivity index is 2.32. The number of carbonyl (C=O) groups excluding carboxylic acids is 1. The molecular formula is C12H15NO3S. The first-order valence-electron chi connectivity index (χ1n) is 5.55. The maximum absolute atomic E-state index is 12.0. The minimum Gasteiger partial charge on any atom is -0.274 e. The van der Waals surface area contributed by atoms with E-state index >= 15 is 0 Å². The Morgan fingerprint density at radius 1 is 1.24 bits per heavy atom. The average molecular weight is 253 g/mol. The molecule has 0 aromatic heterocycles. The summed E-state index contributed by atoms with van der Waals surface area (Å²) in [5.41, 5.74) is 0.872. The van der Waals surface area contributed by atoms with Crippen molar-refractivity contribution in [2.24, 2.45) is 0 Å². The van der Waals surface area contributed by atoms with Crippen LogP contribution in [0.4, 0.5) is 0 Å². The van der Waals surface area contributed by atoms with E-state index in [1.165, 1.54) is 0 Å². The van der Waals surface area contributed by atoms with Crippen LogP contribution in [0, 0.1) is 0 Å². The summed E-state index contributed by atoms with van der Waals surface area (Å²) in [6, 6.07) is 8.93. The van der Waals surface area contributed by atoms with Crippen LogP contribution in [0.3, 0.4) is 0 Å². The maximum Gasteiger partial charge on any atom is 0.240 e. The molecule has 1 aromatic carbocycles. The van der Waals surface area contributed by atoms with E-state index in [1.54, 1.807) is 13.8 Å². The number of rotatable bonds is 3. The van der Waals surface area contributed by atoms with Gasteiger partial charge in [-0.3, -0.25) is 4.79 Å². The smallest absolute Gasteiger partial charge is 0.240 e. The fraction of sp³-hybridized carbons (Fsp3) is 0.417. The van der Waals surface area contributed by atoms with Crippen molar-refractivity contribution in [3.05, 3.63) is 35.9 Å². The van der Waals surface area contributed by atoms with Gasteiger partial charge in [0.1, 0.15) is 0 Å². The molecule has 1 saturated heterocycles. The molecule has 1 fully saturated rings. The molecule has 1 amide bonds. The van der Waals surface area contributed by atoms with Crippen LogP contribution in [0.15, 0.2) is 30.3 Å². The van der Waals surface area contributed by atoms with Crippen molar-refractivity contribution in [1.29, 1.82) is 0 Å². The minimum atomic E-state index is -3.50. The highest BCUT2D eigenvalue weighted by atomic mass is 32.2. The van der Waals surface area contributed by atoms with Crippen LogP contribution < -0.4 is 0 Å². The summed E-state index contributed by atoms with van der Waals surface area (Å²) in [5, 5.41) is -0.571. The first-order chi connectivity index (χ1) is 7.94. The van der Waals surface area contributed by atoms with Crippen molar-refractivity contribution in [3.8, 4) is 0 Å². The monoisotopic (exact) mass is 253 g/mol. The van der Waals surface area contributed by atoms with Gasteiger partial charge in [-0.05, 0) is 19.4 Å². The van der Waals surface area contributed by atoms with E-state index in [4.69, 9.17) is 0 Å². The topological polar surface area (TPSA) is 54.5 Å². The van der Waals surface area contributed by atoms with Crippen LogP contribution in [0.25, 0.3) is 0 Å². The summed E-state index contributed by atoms with van der Waals surface area (Å²) in [4.78, 5) is 11.5.